The molecule has 0 aliphatic carbocycles. The maximum absolute atomic E-state index is 12.0. The van der Waals surface area contributed by atoms with Crippen LogP contribution in [-0.2, 0) is 9.53 Å². The minimum atomic E-state index is -0.322. The highest BCUT2D eigenvalue weighted by atomic mass is 16.5. The van der Waals surface area contributed by atoms with Crippen molar-refractivity contribution < 1.29 is 14.3 Å². The summed E-state index contributed by atoms with van der Waals surface area (Å²) in [5, 5.41) is 0. The molecule has 0 saturated carbocycles. The Bertz CT molecular complexity index is 629. The van der Waals surface area contributed by atoms with Crippen molar-refractivity contribution >= 4 is 11.8 Å². The minimum Gasteiger partial charge on any atom is -0.457 e. The lowest BCUT2D eigenvalue weighted by atomic mass is 10.0. The summed E-state index contributed by atoms with van der Waals surface area (Å²) in [5.41, 5.74) is 2.70. The standard InChI is InChI=1S/C19H20O3/c1-3-14(2)19(21)22-13-18(20)17-11-9-16(10-12-17)15-7-5-4-6-8-15/h4-12,14H,3,13H2,1-2H3. The van der Waals surface area contributed by atoms with Crippen LogP contribution < -0.4 is 0 Å². The number of Topliss-reactive ketones (excluding diaryl/α,β-unsaturated/α-hetero) is 1. The fraction of sp³-hybridized carbons (Fsp3) is 0.263. The molecule has 0 radical (unpaired) electrons. The summed E-state index contributed by atoms with van der Waals surface area (Å²) in [6.45, 7) is 3.51. The molecule has 114 valence electrons. The topological polar surface area (TPSA) is 43.4 Å². The van der Waals surface area contributed by atoms with Gasteiger partial charge < -0.3 is 4.74 Å². The summed E-state index contributed by atoms with van der Waals surface area (Å²) >= 11 is 0. The van der Waals surface area contributed by atoms with Gasteiger partial charge in [0, 0.05) is 5.56 Å². The van der Waals surface area contributed by atoms with Crippen LogP contribution in [0.15, 0.2) is 54.6 Å². The average molecular weight is 296 g/mol. The molecule has 0 amide bonds. The van der Waals surface area contributed by atoms with Gasteiger partial charge in [0.2, 0.25) is 0 Å². The first kappa shape index (κ1) is 16.0. The SMILES string of the molecule is CCC(C)C(=O)OCC(=O)c1ccc(-c2ccccc2)cc1. The molecule has 1 atom stereocenters. The second-order valence-corrected chi connectivity index (χ2v) is 5.28. The van der Waals surface area contributed by atoms with Crippen LogP contribution >= 0.6 is 0 Å². The first-order valence-electron chi connectivity index (χ1n) is 7.47. The van der Waals surface area contributed by atoms with Crippen LogP contribution in [0.25, 0.3) is 11.1 Å². The molecule has 2 rings (SSSR count). The van der Waals surface area contributed by atoms with Gasteiger partial charge in [-0.3, -0.25) is 9.59 Å². The number of benzene rings is 2. The lowest BCUT2D eigenvalue weighted by molar-refractivity contribution is -0.146. The molecule has 0 spiro atoms. The van der Waals surface area contributed by atoms with Crippen molar-refractivity contribution in [3.63, 3.8) is 0 Å². The molecule has 0 bridgehead atoms. The van der Waals surface area contributed by atoms with Gasteiger partial charge in [-0.05, 0) is 17.5 Å². The Morgan fingerprint density at radius 2 is 1.55 bits per heavy atom. The van der Waals surface area contributed by atoms with Gasteiger partial charge in [-0.25, -0.2) is 0 Å². The van der Waals surface area contributed by atoms with E-state index >= 15 is 0 Å². The lowest BCUT2D eigenvalue weighted by Gasteiger charge is -2.09. The van der Waals surface area contributed by atoms with Gasteiger partial charge in [0.25, 0.3) is 0 Å². The third-order valence-corrected chi connectivity index (χ3v) is 3.67. The number of rotatable bonds is 6. The van der Waals surface area contributed by atoms with E-state index in [0.717, 1.165) is 11.1 Å². The quantitative estimate of drug-likeness (QED) is 0.594. The Morgan fingerprint density at radius 3 is 2.14 bits per heavy atom. The average Bonchev–Trinajstić information content (AvgIpc) is 2.59. The monoisotopic (exact) mass is 296 g/mol. The summed E-state index contributed by atoms with van der Waals surface area (Å²) in [4.78, 5) is 23.6. The zero-order valence-corrected chi connectivity index (χ0v) is 12.9. The van der Waals surface area contributed by atoms with Crippen LogP contribution in [-0.4, -0.2) is 18.4 Å². The molecule has 0 aliphatic heterocycles. The Kier molecular flexibility index (Phi) is 5.48. The number of esters is 1. The predicted octanol–water partition coefficient (Wildman–Crippen LogP) is 4.13. The Labute approximate surface area is 130 Å². The van der Waals surface area contributed by atoms with Crippen molar-refractivity contribution in [2.75, 3.05) is 6.61 Å². The van der Waals surface area contributed by atoms with E-state index in [4.69, 9.17) is 4.74 Å². The highest BCUT2D eigenvalue weighted by Crippen LogP contribution is 2.19. The van der Waals surface area contributed by atoms with Gasteiger partial charge >= 0.3 is 5.97 Å². The maximum Gasteiger partial charge on any atom is 0.309 e. The maximum atomic E-state index is 12.0. The molecule has 22 heavy (non-hydrogen) atoms. The van der Waals surface area contributed by atoms with Gasteiger partial charge in [0.15, 0.2) is 12.4 Å². The van der Waals surface area contributed by atoms with Gasteiger partial charge in [0.1, 0.15) is 0 Å². The normalized spacial score (nSPS) is 11.7. The molecular formula is C19H20O3. The van der Waals surface area contributed by atoms with E-state index < -0.39 is 0 Å². The third-order valence-electron chi connectivity index (χ3n) is 3.67. The summed E-state index contributed by atoms with van der Waals surface area (Å²) in [7, 11) is 0. The molecule has 0 fully saturated rings. The van der Waals surface area contributed by atoms with Crippen molar-refractivity contribution in [1.82, 2.24) is 0 Å². The number of carbonyl (C=O) groups excluding carboxylic acids is 2. The molecule has 0 aromatic heterocycles. The number of hydrogen-bond acceptors (Lipinski definition) is 3. The van der Waals surface area contributed by atoms with Crippen LogP contribution in [0.5, 0.6) is 0 Å². The summed E-state index contributed by atoms with van der Waals surface area (Å²) in [5.74, 6) is -0.679. The third kappa shape index (κ3) is 4.04. The fourth-order valence-electron chi connectivity index (χ4n) is 2.01. The molecule has 3 heteroatoms. The van der Waals surface area contributed by atoms with E-state index in [1.54, 1.807) is 19.1 Å². The Balaban J connectivity index is 1.98. The molecule has 0 saturated heterocycles. The van der Waals surface area contributed by atoms with Crippen molar-refractivity contribution in [2.45, 2.75) is 20.3 Å². The van der Waals surface area contributed by atoms with E-state index in [1.807, 2.05) is 49.4 Å². The van der Waals surface area contributed by atoms with Crippen molar-refractivity contribution in [3.8, 4) is 11.1 Å². The zero-order chi connectivity index (χ0) is 15.9. The summed E-state index contributed by atoms with van der Waals surface area (Å²) in [6, 6.07) is 17.3. The van der Waals surface area contributed by atoms with Crippen LogP contribution in [0.3, 0.4) is 0 Å². The molecular weight excluding hydrogens is 276 g/mol. The number of ketones is 1. The number of ether oxygens (including phenoxy) is 1. The molecule has 3 nitrogen and oxygen atoms in total. The van der Waals surface area contributed by atoms with Crippen molar-refractivity contribution in [2.24, 2.45) is 5.92 Å². The highest BCUT2D eigenvalue weighted by Gasteiger charge is 2.14. The van der Waals surface area contributed by atoms with E-state index in [9.17, 15) is 9.59 Å². The summed E-state index contributed by atoms with van der Waals surface area (Å²) < 4.78 is 5.04. The lowest BCUT2D eigenvalue weighted by Crippen LogP contribution is -2.19. The highest BCUT2D eigenvalue weighted by molar-refractivity contribution is 5.98. The summed E-state index contributed by atoms with van der Waals surface area (Å²) in [6.07, 6.45) is 0.707. The van der Waals surface area contributed by atoms with E-state index in [-0.39, 0.29) is 24.3 Å². The fourth-order valence-corrected chi connectivity index (χ4v) is 2.01. The molecule has 0 heterocycles. The molecule has 1 unspecified atom stereocenters. The van der Waals surface area contributed by atoms with Crippen LogP contribution in [0.1, 0.15) is 30.6 Å². The molecule has 2 aromatic carbocycles. The number of hydrogen-bond donors (Lipinski definition) is 0. The largest absolute Gasteiger partial charge is 0.457 e. The Hall–Kier alpha value is -2.42. The minimum absolute atomic E-state index is 0.173. The van der Waals surface area contributed by atoms with Gasteiger partial charge in [0.05, 0.1) is 5.92 Å². The van der Waals surface area contributed by atoms with Gasteiger partial charge in [-0.15, -0.1) is 0 Å². The Morgan fingerprint density at radius 1 is 0.955 bits per heavy atom. The van der Waals surface area contributed by atoms with Crippen LogP contribution in [0.4, 0.5) is 0 Å². The first-order chi connectivity index (χ1) is 10.6. The first-order valence-corrected chi connectivity index (χ1v) is 7.47. The predicted molar refractivity (Wildman–Crippen MR) is 86.6 cm³/mol. The molecule has 0 aliphatic rings. The second-order valence-electron chi connectivity index (χ2n) is 5.28. The van der Waals surface area contributed by atoms with Crippen molar-refractivity contribution in [1.29, 1.82) is 0 Å². The smallest absolute Gasteiger partial charge is 0.309 e. The molecule has 0 N–H and O–H groups in total. The van der Waals surface area contributed by atoms with Gasteiger partial charge in [-0.1, -0.05) is 68.4 Å². The van der Waals surface area contributed by atoms with Crippen LogP contribution in [0, 0.1) is 5.92 Å². The van der Waals surface area contributed by atoms with Crippen molar-refractivity contribution in [3.05, 3.63) is 60.2 Å². The van der Waals surface area contributed by atoms with E-state index in [1.165, 1.54) is 0 Å². The molecule has 2 aromatic rings. The number of carbonyl (C=O) groups is 2. The van der Waals surface area contributed by atoms with Crippen LogP contribution in [0.2, 0.25) is 0 Å². The second kappa shape index (κ2) is 7.55. The van der Waals surface area contributed by atoms with Gasteiger partial charge in [-0.2, -0.15) is 0 Å². The zero-order valence-electron chi connectivity index (χ0n) is 12.9. The van der Waals surface area contributed by atoms with E-state index in [0.29, 0.717) is 12.0 Å². The van der Waals surface area contributed by atoms with E-state index in [2.05, 4.69) is 0 Å².